The average molecular weight is 353 g/mol. The Morgan fingerprint density at radius 3 is 2.42 bits per heavy atom. The van der Waals surface area contributed by atoms with Crippen molar-refractivity contribution in [1.29, 1.82) is 0 Å². The van der Waals surface area contributed by atoms with Gasteiger partial charge in [0.15, 0.2) is 0 Å². The van der Waals surface area contributed by atoms with Gasteiger partial charge in [-0.05, 0) is 11.6 Å². The molecule has 0 amide bonds. The molecule has 1 aromatic heterocycles. The number of anilines is 1. The van der Waals surface area contributed by atoms with Crippen LogP contribution in [0.1, 0.15) is 5.56 Å². The molecule has 0 fully saturated rings. The van der Waals surface area contributed by atoms with Gasteiger partial charge in [-0.15, -0.1) is 0 Å². The van der Waals surface area contributed by atoms with E-state index in [1.54, 1.807) is 29.2 Å². The third-order valence-electron chi connectivity index (χ3n) is 4.34. The number of hydrogen-bond donors (Lipinski definition) is 1. The van der Waals surface area contributed by atoms with Gasteiger partial charge in [-0.3, -0.25) is 14.9 Å². The first-order valence-electron chi connectivity index (χ1n) is 8.20. The Kier molecular flexibility index (Phi) is 4.99. The van der Waals surface area contributed by atoms with Gasteiger partial charge in [0, 0.05) is 25.5 Å². The van der Waals surface area contributed by atoms with Crippen molar-refractivity contribution in [3.05, 3.63) is 80.6 Å². The largest absolute Gasteiger partial charge is 0.395 e. The standard InChI is InChI=1S/C19H19N3O4/c1-20-16-10-6-5-9-15(16)17(18(19(20)24)22(25)26)21(11-12-23)13-14-7-3-2-4-8-14/h2-10,23H,11-13H2,1H3. The molecule has 0 aliphatic carbocycles. The molecule has 0 atom stereocenters. The molecule has 0 unspecified atom stereocenters. The molecule has 1 N–H and O–H groups in total. The number of nitrogens with zero attached hydrogens (tertiary/aromatic N) is 3. The number of benzene rings is 2. The molecule has 0 bridgehead atoms. The lowest BCUT2D eigenvalue weighted by Gasteiger charge is -2.25. The highest BCUT2D eigenvalue weighted by atomic mass is 16.6. The van der Waals surface area contributed by atoms with E-state index in [0.29, 0.717) is 17.4 Å². The molecular weight excluding hydrogens is 334 g/mol. The summed E-state index contributed by atoms with van der Waals surface area (Å²) < 4.78 is 1.29. The second kappa shape index (κ2) is 7.37. The van der Waals surface area contributed by atoms with Crippen LogP contribution in [0.4, 0.5) is 11.4 Å². The van der Waals surface area contributed by atoms with Gasteiger partial charge in [0.25, 0.3) is 0 Å². The Morgan fingerprint density at radius 2 is 1.77 bits per heavy atom. The molecule has 0 spiro atoms. The fourth-order valence-corrected chi connectivity index (χ4v) is 3.14. The summed E-state index contributed by atoms with van der Waals surface area (Å²) >= 11 is 0. The number of hydrogen-bond acceptors (Lipinski definition) is 5. The number of rotatable bonds is 6. The van der Waals surface area contributed by atoms with Crippen LogP contribution in [0.15, 0.2) is 59.4 Å². The van der Waals surface area contributed by atoms with Gasteiger partial charge >= 0.3 is 11.2 Å². The topological polar surface area (TPSA) is 88.6 Å². The van der Waals surface area contributed by atoms with Crippen molar-refractivity contribution in [2.45, 2.75) is 6.54 Å². The van der Waals surface area contributed by atoms with Crippen molar-refractivity contribution < 1.29 is 10.0 Å². The molecule has 134 valence electrons. The van der Waals surface area contributed by atoms with Gasteiger partial charge in [-0.2, -0.15) is 0 Å². The van der Waals surface area contributed by atoms with E-state index in [0.717, 1.165) is 5.56 Å². The highest BCUT2D eigenvalue weighted by molar-refractivity contribution is 5.96. The predicted octanol–water partition coefficient (Wildman–Crippen LogP) is 2.45. The van der Waals surface area contributed by atoms with E-state index in [1.807, 2.05) is 30.3 Å². The van der Waals surface area contributed by atoms with Crippen molar-refractivity contribution in [3.63, 3.8) is 0 Å². The lowest BCUT2D eigenvalue weighted by Crippen LogP contribution is -2.31. The van der Waals surface area contributed by atoms with Crippen molar-refractivity contribution in [2.24, 2.45) is 7.05 Å². The van der Waals surface area contributed by atoms with Gasteiger partial charge in [0.1, 0.15) is 5.69 Å². The first kappa shape index (κ1) is 17.6. The molecule has 1 heterocycles. The Balaban J connectivity index is 2.29. The van der Waals surface area contributed by atoms with Crippen molar-refractivity contribution in [2.75, 3.05) is 18.1 Å². The van der Waals surface area contributed by atoms with Crippen molar-refractivity contribution in [3.8, 4) is 0 Å². The third-order valence-corrected chi connectivity index (χ3v) is 4.34. The highest BCUT2D eigenvalue weighted by Gasteiger charge is 2.28. The molecule has 3 aromatic rings. The van der Waals surface area contributed by atoms with Crippen LogP contribution in [-0.4, -0.2) is 27.7 Å². The number of aromatic nitrogens is 1. The van der Waals surface area contributed by atoms with E-state index in [2.05, 4.69) is 0 Å². The first-order valence-corrected chi connectivity index (χ1v) is 8.20. The zero-order valence-electron chi connectivity index (χ0n) is 14.3. The molecule has 3 rings (SSSR count). The van der Waals surface area contributed by atoms with Crippen molar-refractivity contribution in [1.82, 2.24) is 4.57 Å². The van der Waals surface area contributed by atoms with E-state index in [9.17, 15) is 20.0 Å². The van der Waals surface area contributed by atoms with Gasteiger partial charge in [-0.1, -0.05) is 48.5 Å². The second-order valence-corrected chi connectivity index (χ2v) is 5.97. The Morgan fingerprint density at radius 1 is 1.12 bits per heavy atom. The maximum absolute atomic E-state index is 12.6. The van der Waals surface area contributed by atoms with E-state index >= 15 is 0 Å². The molecular formula is C19H19N3O4. The monoisotopic (exact) mass is 353 g/mol. The maximum atomic E-state index is 12.6. The quantitative estimate of drug-likeness (QED) is 0.543. The predicted molar refractivity (Wildman–Crippen MR) is 100 cm³/mol. The molecule has 7 nitrogen and oxygen atoms in total. The third kappa shape index (κ3) is 3.16. The summed E-state index contributed by atoms with van der Waals surface area (Å²) in [5.41, 5.74) is 0.635. The van der Waals surface area contributed by atoms with Crippen LogP contribution in [0, 0.1) is 10.1 Å². The molecule has 2 aromatic carbocycles. The Bertz CT molecular complexity index is 999. The van der Waals surface area contributed by atoms with Crippen molar-refractivity contribution >= 4 is 22.3 Å². The van der Waals surface area contributed by atoms with Crippen LogP contribution in [0.25, 0.3) is 10.9 Å². The minimum Gasteiger partial charge on any atom is -0.395 e. The van der Waals surface area contributed by atoms with Gasteiger partial charge in [-0.25, -0.2) is 0 Å². The Labute approximate surface area is 149 Å². The maximum Gasteiger partial charge on any atom is 0.357 e. The molecule has 0 aliphatic rings. The summed E-state index contributed by atoms with van der Waals surface area (Å²) in [5.74, 6) is 0. The van der Waals surface area contributed by atoms with Crippen LogP contribution in [0.2, 0.25) is 0 Å². The normalized spacial score (nSPS) is 10.8. The molecule has 0 aliphatic heterocycles. The zero-order chi connectivity index (χ0) is 18.7. The number of para-hydroxylation sites is 1. The van der Waals surface area contributed by atoms with Crippen LogP contribution >= 0.6 is 0 Å². The SMILES string of the molecule is Cn1c(=O)c([N+](=O)[O-])c(N(CCO)Cc2ccccc2)c2ccccc21. The smallest absolute Gasteiger partial charge is 0.357 e. The average Bonchev–Trinajstić information content (AvgIpc) is 2.65. The number of fused-ring (bicyclic) bond motifs is 1. The van der Waals surface area contributed by atoms with Gasteiger partial charge < -0.3 is 14.6 Å². The zero-order valence-corrected chi connectivity index (χ0v) is 14.3. The number of aliphatic hydroxyl groups excluding tert-OH is 1. The summed E-state index contributed by atoms with van der Waals surface area (Å²) in [6.07, 6.45) is 0. The van der Waals surface area contributed by atoms with Gasteiger partial charge in [0.05, 0.1) is 17.0 Å². The van der Waals surface area contributed by atoms with Crippen LogP contribution < -0.4 is 10.5 Å². The summed E-state index contributed by atoms with van der Waals surface area (Å²) in [4.78, 5) is 25.4. The summed E-state index contributed by atoms with van der Waals surface area (Å²) in [6, 6.07) is 16.5. The molecule has 7 heteroatoms. The second-order valence-electron chi connectivity index (χ2n) is 5.97. The van der Waals surface area contributed by atoms with Crippen LogP contribution in [0.3, 0.4) is 0 Å². The summed E-state index contributed by atoms with van der Waals surface area (Å²) in [5, 5.41) is 21.8. The minimum atomic E-state index is -0.667. The Hall–Kier alpha value is -3.19. The van der Waals surface area contributed by atoms with E-state index < -0.39 is 16.2 Å². The lowest BCUT2D eigenvalue weighted by molar-refractivity contribution is -0.385. The minimum absolute atomic E-state index is 0.174. The van der Waals surface area contributed by atoms with Crippen LogP contribution in [0.5, 0.6) is 0 Å². The molecule has 26 heavy (non-hydrogen) atoms. The van der Waals surface area contributed by atoms with Crippen LogP contribution in [-0.2, 0) is 13.6 Å². The first-order chi connectivity index (χ1) is 12.5. The summed E-state index contributed by atoms with van der Waals surface area (Å²) in [7, 11) is 1.52. The van der Waals surface area contributed by atoms with E-state index in [1.165, 1.54) is 11.6 Å². The number of pyridine rings is 1. The van der Waals surface area contributed by atoms with E-state index in [-0.39, 0.29) is 18.8 Å². The number of nitro groups is 1. The lowest BCUT2D eigenvalue weighted by atomic mass is 10.1. The highest BCUT2D eigenvalue weighted by Crippen LogP contribution is 2.34. The fourth-order valence-electron chi connectivity index (χ4n) is 3.14. The molecule has 0 radical (unpaired) electrons. The van der Waals surface area contributed by atoms with E-state index in [4.69, 9.17) is 0 Å². The number of aliphatic hydroxyl groups is 1. The number of aryl methyl sites for hydroxylation is 1. The molecule has 0 saturated carbocycles. The summed E-state index contributed by atoms with van der Waals surface area (Å²) in [6.45, 7) is 0.333. The molecule has 0 saturated heterocycles. The van der Waals surface area contributed by atoms with Gasteiger partial charge in [0.2, 0.25) is 0 Å². The fraction of sp³-hybridized carbons (Fsp3) is 0.211.